The van der Waals surface area contributed by atoms with Crippen LogP contribution in [0.2, 0.25) is 0 Å². The van der Waals surface area contributed by atoms with Gasteiger partial charge in [-0.3, -0.25) is 9.69 Å². The molecule has 27 heavy (non-hydrogen) atoms. The molecule has 3 rings (SSSR count). The summed E-state index contributed by atoms with van der Waals surface area (Å²) < 4.78 is 38.3. The quantitative estimate of drug-likeness (QED) is 0.756. The minimum absolute atomic E-state index is 0. The van der Waals surface area contributed by atoms with Crippen LogP contribution in [0, 0.1) is 5.92 Å². The Morgan fingerprint density at radius 2 is 1.78 bits per heavy atom. The second-order valence-corrected chi connectivity index (χ2v) is 6.93. The van der Waals surface area contributed by atoms with Gasteiger partial charge in [-0.25, -0.2) is 0 Å². The highest BCUT2D eigenvalue weighted by molar-refractivity contribution is 5.85. The summed E-state index contributed by atoms with van der Waals surface area (Å²) in [5, 5.41) is 3.20. The summed E-state index contributed by atoms with van der Waals surface area (Å²) >= 11 is 0. The zero-order valence-electron chi connectivity index (χ0n) is 15.0. The van der Waals surface area contributed by atoms with Crippen LogP contribution < -0.4 is 5.32 Å². The standard InChI is InChI=1S/C18H24F3N3O.2ClH/c19-18(20,21)16-3-1-2-15(10-16)13-23-6-8-24(9-7-23)17(25)12-22-11-14-4-5-14;;/h1-3,10,14,22H,4-9,11-13H2;2*1H. The lowest BCUT2D eigenvalue weighted by atomic mass is 10.1. The van der Waals surface area contributed by atoms with Gasteiger partial charge in [0.2, 0.25) is 5.91 Å². The summed E-state index contributed by atoms with van der Waals surface area (Å²) in [6.45, 7) is 4.40. The van der Waals surface area contributed by atoms with Crippen molar-refractivity contribution >= 4 is 30.7 Å². The molecule has 1 aromatic rings. The van der Waals surface area contributed by atoms with Crippen LogP contribution in [0.15, 0.2) is 24.3 Å². The molecule has 2 fully saturated rings. The van der Waals surface area contributed by atoms with Crippen LogP contribution in [-0.4, -0.2) is 55.0 Å². The van der Waals surface area contributed by atoms with Crippen LogP contribution in [0.3, 0.4) is 0 Å². The third kappa shape index (κ3) is 7.49. The van der Waals surface area contributed by atoms with E-state index in [-0.39, 0.29) is 30.7 Å². The zero-order chi connectivity index (χ0) is 17.9. The van der Waals surface area contributed by atoms with E-state index >= 15 is 0 Å². The Hall–Kier alpha value is -1.02. The van der Waals surface area contributed by atoms with Crippen molar-refractivity contribution in [1.29, 1.82) is 0 Å². The number of nitrogens with one attached hydrogen (secondary N) is 1. The largest absolute Gasteiger partial charge is 0.416 e. The van der Waals surface area contributed by atoms with Crippen LogP contribution >= 0.6 is 24.8 Å². The van der Waals surface area contributed by atoms with Crippen LogP contribution in [-0.2, 0) is 17.5 Å². The zero-order valence-corrected chi connectivity index (χ0v) is 16.6. The number of halogens is 5. The third-order valence-electron chi connectivity index (χ3n) is 4.79. The summed E-state index contributed by atoms with van der Waals surface area (Å²) in [5.41, 5.74) is 0.0428. The number of rotatable bonds is 6. The highest BCUT2D eigenvalue weighted by atomic mass is 35.5. The van der Waals surface area contributed by atoms with Crippen LogP contribution in [0.5, 0.6) is 0 Å². The molecule has 0 bridgehead atoms. The van der Waals surface area contributed by atoms with E-state index < -0.39 is 11.7 Å². The Labute approximate surface area is 170 Å². The van der Waals surface area contributed by atoms with Gasteiger partial charge in [-0.2, -0.15) is 13.2 Å². The van der Waals surface area contributed by atoms with E-state index in [0.29, 0.717) is 44.8 Å². The molecule has 1 aliphatic carbocycles. The molecule has 0 unspecified atom stereocenters. The summed E-state index contributed by atoms with van der Waals surface area (Å²) in [5.74, 6) is 0.858. The highest BCUT2D eigenvalue weighted by Gasteiger charge is 2.30. The maximum Gasteiger partial charge on any atom is 0.416 e. The molecule has 4 nitrogen and oxygen atoms in total. The number of carbonyl (C=O) groups is 1. The van der Waals surface area contributed by atoms with Crippen LogP contribution in [0.4, 0.5) is 13.2 Å². The fourth-order valence-corrected chi connectivity index (χ4v) is 3.08. The number of nitrogens with zero attached hydrogens (tertiary/aromatic N) is 2. The van der Waals surface area contributed by atoms with Gasteiger partial charge in [0.15, 0.2) is 0 Å². The number of amides is 1. The molecule has 1 amide bonds. The molecule has 1 saturated carbocycles. The highest BCUT2D eigenvalue weighted by Crippen LogP contribution is 2.30. The Morgan fingerprint density at radius 3 is 2.37 bits per heavy atom. The minimum Gasteiger partial charge on any atom is -0.339 e. The maximum atomic E-state index is 12.8. The summed E-state index contributed by atoms with van der Waals surface area (Å²) in [6.07, 6.45) is -1.79. The first-order valence-corrected chi connectivity index (χ1v) is 8.79. The first-order valence-electron chi connectivity index (χ1n) is 8.79. The van der Waals surface area contributed by atoms with Gasteiger partial charge in [0, 0.05) is 32.7 Å². The number of hydrogen-bond donors (Lipinski definition) is 1. The van der Waals surface area contributed by atoms with Gasteiger partial charge in [0.05, 0.1) is 12.1 Å². The summed E-state index contributed by atoms with van der Waals surface area (Å²) in [4.78, 5) is 16.1. The summed E-state index contributed by atoms with van der Waals surface area (Å²) in [6, 6.07) is 5.46. The van der Waals surface area contributed by atoms with E-state index in [1.807, 2.05) is 4.90 Å². The van der Waals surface area contributed by atoms with Gasteiger partial charge in [-0.05, 0) is 36.9 Å². The molecular formula is C18H26Cl2F3N3O. The molecule has 0 spiro atoms. The first-order chi connectivity index (χ1) is 11.9. The average Bonchev–Trinajstić information content (AvgIpc) is 3.39. The maximum absolute atomic E-state index is 12.8. The lowest BCUT2D eigenvalue weighted by Crippen LogP contribution is -2.50. The number of piperazine rings is 1. The molecule has 2 aliphatic rings. The molecule has 1 aromatic carbocycles. The van der Waals surface area contributed by atoms with E-state index in [1.54, 1.807) is 6.07 Å². The van der Waals surface area contributed by atoms with Crippen LogP contribution in [0.1, 0.15) is 24.0 Å². The second-order valence-electron chi connectivity index (χ2n) is 6.93. The van der Waals surface area contributed by atoms with Crippen molar-refractivity contribution in [3.63, 3.8) is 0 Å². The van der Waals surface area contributed by atoms with E-state index in [1.165, 1.54) is 25.0 Å². The lowest BCUT2D eigenvalue weighted by molar-refractivity contribution is -0.137. The van der Waals surface area contributed by atoms with Gasteiger partial charge in [-0.15, -0.1) is 24.8 Å². The Morgan fingerprint density at radius 1 is 1.11 bits per heavy atom. The minimum atomic E-state index is -4.31. The number of hydrogen-bond acceptors (Lipinski definition) is 3. The smallest absolute Gasteiger partial charge is 0.339 e. The molecule has 1 saturated heterocycles. The normalized spacial score (nSPS) is 17.8. The fourth-order valence-electron chi connectivity index (χ4n) is 3.08. The summed E-state index contributed by atoms with van der Waals surface area (Å²) in [7, 11) is 0. The van der Waals surface area contributed by atoms with Crippen molar-refractivity contribution in [3.05, 3.63) is 35.4 Å². The monoisotopic (exact) mass is 427 g/mol. The number of alkyl halides is 3. The third-order valence-corrected chi connectivity index (χ3v) is 4.79. The van der Waals surface area contributed by atoms with Crippen LogP contribution in [0.25, 0.3) is 0 Å². The predicted octanol–water partition coefficient (Wildman–Crippen LogP) is 3.19. The van der Waals surface area contributed by atoms with E-state index in [4.69, 9.17) is 0 Å². The van der Waals surface area contributed by atoms with Gasteiger partial charge in [-0.1, -0.05) is 18.2 Å². The van der Waals surface area contributed by atoms with E-state index in [0.717, 1.165) is 18.5 Å². The van der Waals surface area contributed by atoms with Gasteiger partial charge >= 0.3 is 6.18 Å². The molecule has 9 heteroatoms. The average molecular weight is 428 g/mol. The molecule has 0 radical (unpaired) electrons. The van der Waals surface area contributed by atoms with Crippen molar-refractivity contribution in [2.24, 2.45) is 5.92 Å². The number of benzene rings is 1. The number of carbonyl (C=O) groups excluding carboxylic acids is 1. The fraction of sp³-hybridized carbons (Fsp3) is 0.611. The van der Waals surface area contributed by atoms with Crippen molar-refractivity contribution in [3.8, 4) is 0 Å². The molecule has 1 heterocycles. The van der Waals surface area contributed by atoms with Gasteiger partial charge < -0.3 is 10.2 Å². The molecule has 1 aliphatic heterocycles. The van der Waals surface area contributed by atoms with Crippen molar-refractivity contribution in [2.75, 3.05) is 39.3 Å². The SMILES string of the molecule is Cl.Cl.O=C(CNCC1CC1)N1CCN(Cc2cccc(C(F)(F)F)c2)CC1. The van der Waals surface area contributed by atoms with Crippen molar-refractivity contribution in [1.82, 2.24) is 15.1 Å². The topological polar surface area (TPSA) is 35.6 Å². The van der Waals surface area contributed by atoms with E-state index in [2.05, 4.69) is 10.2 Å². The van der Waals surface area contributed by atoms with Gasteiger partial charge in [0.1, 0.15) is 0 Å². The Balaban J connectivity index is 0.00000182. The predicted molar refractivity (Wildman–Crippen MR) is 103 cm³/mol. The first kappa shape index (κ1) is 24.0. The van der Waals surface area contributed by atoms with Crippen molar-refractivity contribution in [2.45, 2.75) is 25.6 Å². The molecule has 1 N–H and O–H groups in total. The molecule has 0 aromatic heterocycles. The van der Waals surface area contributed by atoms with Crippen molar-refractivity contribution < 1.29 is 18.0 Å². The Kier molecular flexibility index (Phi) is 9.34. The lowest BCUT2D eigenvalue weighted by Gasteiger charge is -2.35. The molecular weight excluding hydrogens is 402 g/mol. The van der Waals surface area contributed by atoms with Gasteiger partial charge in [0.25, 0.3) is 0 Å². The van der Waals surface area contributed by atoms with E-state index in [9.17, 15) is 18.0 Å². The second kappa shape index (κ2) is 10.5. The molecule has 0 atom stereocenters. The Bertz CT molecular complexity index is 604. The molecule has 154 valence electrons.